The molecule has 3 aromatic rings. The Morgan fingerprint density at radius 3 is 2.67 bits per heavy atom. The Labute approximate surface area is 127 Å². The van der Waals surface area contributed by atoms with Gasteiger partial charge >= 0.3 is 0 Å². The second kappa shape index (κ2) is 4.97. The molecule has 4 nitrogen and oxygen atoms in total. The van der Waals surface area contributed by atoms with E-state index < -0.39 is 0 Å². The van der Waals surface area contributed by atoms with Crippen LogP contribution in [0.1, 0.15) is 11.1 Å². The lowest BCUT2D eigenvalue weighted by molar-refractivity contribution is 0.415. The van der Waals surface area contributed by atoms with E-state index in [0.29, 0.717) is 27.9 Å². The molecule has 21 heavy (non-hydrogen) atoms. The van der Waals surface area contributed by atoms with E-state index in [1.807, 2.05) is 19.9 Å². The van der Waals surface area contributed by atoms with E-state index in [2.05, 4.69) is 11.1 Å². The van der Waals surface area contributed by atoms with Crippen LogP contribution in [0.25, 0.3) is 22.6 Å². The lowest BCUT2D eigenvalue weighted by Gasteiger charge is -2.07. The number of nitrogens with two attached hydrogens (primary N) is 1. The number of benzene rings is 2. The molecule has 0 bridgehead atoms. The summed E-state index contributed by atoms with van der Waals surface area (Å²) < 4.78 is 11.2. The molecule has 0 atom stereocenters. The Morgan fingerprint density at radius 2 is 1.95 bits per heavy atom. The average molecular weight is 303 g/mol. The zero-order chi connectivity index (χ0) is 15.1. The molecule has 0 aliphatic carbocycles. The van der Waals surface area contributed by atoms with Crippen molar-refractivity contribution < 1.29 is 9.15 Å². The number of halogens is 1. The summed E-state index contributed by atoms with van der Waals surface area (Å²) in [6.45, 7) is 4.03. The number of oxazole rings is 1. The minimum Gasteiger partial charge on any atom is -0.496 e. The van der Waals surface area contributed by atoms with Crippen LogP contribution in [-0.4, -0.2) is 12.1 Å². The van der Waals surface area contributed by atoms with E-state index in [1.165, 1.54) is 0 Å². The first-order valence-electron chi connectivity index (χ1n) is 6.50. The van der Waals surface area contributed by atoms with Crippen LogP contribution in [0.5, 0.6) is 5.75 Å². The van der Waals surface area contributed by atoms with Crippen molar-refractivity contribution in [3.8, 4) is 17.2 Å². The Bertz CT molecular complexity index is 840. The fourth-order valence-corrected chi connectivity index (χ4v) is 2.56. The summed E-state index contributed by atoms with van der Waals surface area (Å²) in [5, 5.41) is 0.445. The van der Waals surface area contributed by atoms with Crippen molar-refractivity contribution in [1.29, 1.82) is 0 Å². The van der Waals surface area contributed by atoms with Gasteiger partial charge in [0.05, 0.1) is 23.4 Å². The van der Waals surface area contributed by atoms with E-state index >= 15 is 0 Å². The summed E-state index contributed by atoms with van der Waals surface area (Å²) in [5.41, 5.74) is 10.7. The van der Waals surface area contributed by atoms with Crippen molar-refractivity contribution in [2.75, 3.05) is 12.8 Å². The Kier molecular flexibility index (Phi) is 3.26. The maximum atomic E-state index is 6.10. The number of fused-ring (bicyclic) bond motifs is 1. The van der Waals surface area contributed by atoms with Gasteiger partial charge in [-0.25, -0.2) is 4.98 Å². The van der Waals surface area contributed by atoms with E-state index in [1.54, 1.807) is 19.2 Å². The summed E-state index contributed by atoms with van der Waals surface area (Å²) >= 11 is 6.10. The third-order valence-corrected chi connectivity index (χ3v) is 3.70. The minimum atomic E-state index is 0.445. The van der Waals surface area contributed by atoms with Crippen LogP contribution in [0.15, 0.2) is 28.7 Å². The molecule has 0 saturated carbocycles. The van der Waals surface area contributed by atoms with Crippen molar-refractivity contribution >= 4 is 28.4 Å². The van der Waals surface area contributed by atoms with Crippen molar-refractivity contribution in [1.82, 2.24) is 4.98 Å². The van der Waals surface area contributed by atoms with Gasteiger partial charge in [0.2, 0.25) is 5.89 Å². The number of nitrogens with zero attached hydrogens (tertiary/aromatic N) is 1. The molecule has 0 unspecified atom stereocenters. The van der Waals surface area contributed by atoms with E-state index in [0.717, 1.165) is 22.2 Å². The summed E-state index contributed by atoms with van der Waals surface area (Å²) in [7, 11) is 1.57. The molecule has 5 heteroatoms. The number of aromatic nitrogens is 1. The van der Waals surface area contributed by atoms with Crippen molar-refractivity contribution in [3.63, 3.8) is 0 Å². The highest BCUT2D eigenvalue weighted by Crippen LogP contribution is 2.37. The van der Waals surface area contributed by atoms with Crippen LogP contribution < -0.4 is 10.5 Å². The van der Waals surface area contributed by atoms with Crippen LogP contribution in [0.2, 0.25) is 5.02 Å². The fourth-order valence-electron chi connectivity index (χ4n) is 2.40. The molecular weight excluding hydrogens is 288 g/mol. The van der Waals surface area contributed by atoms with Gasteiger partial charge in [-0.3, -0.25) is 0 Å². The number of rotatable bonds is 2. The SMILES string of the molecule is COc1cc(N)c(Cl)cc1-c1nc2cc(C)cc(C)c2o1. The van der Waals surface area contributed by atoms with Crippen LogP contribution in [0.4, 0.5) is 5.69 Å². The maximum absolute atomic E-state index is 6.10. The number of methoxy groups -OCH3 is 1. The van der Waals surface area contributed by atoms with Gasteiger partial charge in [0.25, 0.3) is 0 Å². The highest BCUT2D eigenvalue weighted by atomic mass is 35.5. The summed E-state index contributed by atoms with van der Waals surface area (Å²) in [5.74, 6) is 1.05. The second-order valence-electron chi connectivity index (χ2n) is 5.02. The molecule has 0 aliphatic heterocycles. The molecule has 0 spiro atoms. The number of anilines is 1. The first-order valence-corrected chi connectivity index (χ1v) is 6.88. The molecule has 1 heterocycles. The quantitative estimate of drug-likeness (QED) is 0.715. The largest absolute Gasteiger partial charge is 0.496 e. The molecule has 2 aromatic carbocycles. The zero-order valence-electron chi connectivity index (χ0n) is 12.0. The second-order valence-corrected chi connectivity index (χ2v) is 5.43. The topological polar surface area (TPSA) is 61.3 Å². The number of hydrogen-bond donors (Lipinski definition) is 1. The Balaban J connectivity index is 2.25. The fraction of sp³-hybridized carbons (Fsp3) is 0.188. The number of nitrogen functional groups attached to an aromatic ring is 1. The highest BCUT2D eigenvalue weighted by Gasteiger charge is 2.16. The predicted molar refractivity (Wildman–Crippen MR) is 84.9 cm³/mol. The summed E-state index contributed by atoms with van der Waals surface area (Å²) in [6.07, 6.45) is 0. The molecule has 108 valence electrons. The molecule has 0 saturated heterocycles. The number of aryl methyl sites for hydroxylation is 2. The number of hydrogen-bond acceptors (Lipinski definition) is 4. The van der Waals surface area contributed by atoms with E-state index in [-0.39, 0.29) is 0 Å². The monoisotopic (exact) mass is 302 g/mol. The van der Waals surface area contributed by atoms with Gasteiger partial charge in [-0.2, -0.15) is 0 Å². The van der Waals surface area contributed by atoms with Crippen molar-refractivity contribution in [2.45, 2.75) is 13.8 Å². The molecule has 1 aromatic heterocycles. The van der Waals surface area contributed by atoms with Gasteiger partial charge < -0.3 is 14.9 Å². The third-order valence-electron chi connectivity index (χ3n) is 3.37. The van der Waals surface area contributed by atoms with Gasteiger partial charge in [0, 0.05) is 6.07 Å². The van der Waals surface area contributed by atoms with E-state index in [4.69, 9.17) is 26.5 Å². The van der Waals surface area contributed by atoms with Crippen LogP contribution in [0, 0.1) is 13.8 Å². The summed E-state index contributed by atoms with van der Waals surface area (Å²) in [4.78, 5) is 4.54. The van der Waals surface area contributed by atoms with Gasteiger partial charge in [0.15, 0.2) is 5.58 Å². The third kappa shape index (κ3) is 2.32. The lowest BCUT2D eigenvalue weighted by Crippen LogP contribution is -1.93. The van der Waals surface area contributed by atoms with Gasteiger partial charge in [-0.1, -0.05) is 17.7 Å². The normalized spacial score (nSPS) is 11.0. The number of ether oxygens (including phenoxy) is 1. The van der Waals surface area contributed by atoms with Crippen LogP contribution >= 0.6 is 11.6 Å². The molecule has 0 amide bonds. The van der Waals surface area contributed by atoms with Gasteiger partial charge in [0.1, 0.15) is 11.3 Å². The first kappa shape index (κ1) is 13.8. The molecule has 3 rings (SSSR count). The average Bonchev–Trinajstić information content (AvgIpc) is 2.85. The minimum absolute atomic E-state index is 0.445. The smallest absolute Gasteiger partial charge is 0.231 e. The molecule has 2 N–H and O–H groups in total. The highest BCUT2D eigenvalue weighted by molar-refractivity contribution is 6.33. The van der Waals surface area contributed by atoms with Crippen molar-refractivity contribution in [3.05, 3.63) is 40.4 Å². The summed E-state index contributed by atoms with van der Waals surface area (Å²) in [6, 6.07) is 7.43. The predicted octanol–water partition coefficient (Wildman–Crippen LogP) is 4.36. The molecule has 0 aliphatic rings. The lowest BCUT2D eigenvalue weighted by atomic mass is 10.1. The van der Waals surface area contributed by atoms with Crippen LogP contribution in [-0.2, 0) is 0 Å². The van der Waals surface area contributed by atoms with Crippen molar-refractivity contribution in [2.24, 2.45) is 0 Å². The molecular formula is C16H15ClN2O2. The van der Waals surface area contributed by atoms with Gasteiger partial charge in [-0.05, 0) is 37.1 Å². The Hall–Kier alpha value is -2.20. The van der Waals surface area contributed by atoms with E-state index in [9.17, 15) is 0 Å². The maximum Gasteiger partial charge on any atom is 0.231 e. The van der Waals surface area contributed by atoms with Gasteiger partial charge in [-0.15, -0.1) is 0 Å². The molecule has 0 fully saturated rings. The Morgan fingerprint density at radius 1 is 1.19 bits per heavy atom. The first-order chi connectivity index (χ1) is 9.99. The zero-order valence-corrected chi connectivity index (χ0v) is 12.8. The van der Waals surface area contributed by atoms with Crippen LogP contribution in [0.3, 0.4) is 0 Å². The standard InChI is InChI=1S/C16H15ClN2O2/c1-8-4-9(2)15-13(5-8)19-16(21-15)10-6-11(17)12(18)7-14(10)20-3/h4-7H,18H2,1-3H3. The molecule has 0 radical (unpaired) electrons.